The molecule has 0 bridgehead atoms. The van der Waals surface area contributed by atoms with E-state index in [1.54, 1.807) is 0 Å². The molecule has 1 aliphatic rings. The van der Waals surface area contributed by atoms with Gasteiger partial charge in [-0.05, 0) is 54.7 Å². The molecule has 2 heteroatoms. The smallest absolute Gasteiger partial charge is 0.144 e. The largest absolute Gasteiger partial charge is 0.455 e. The van der Waals surface area contributed by atoms with Crippen LogP contribution in [0.1, 0.15) is 43.6 Å². The van der Waals surface area contributed by atoms with Crippen molar-refractivity contribution in [3.63, 3.8) is 0 Å². The Morgan fingerprint density at radius 2 is 1.76 bits per heavy atom. The highest BCUT2D eigenvalue weighted by molar-refractivity contribution is 6.09. The van der Waals surface area contributed by atoms with Crippen LogP contribution in [-0.4, -0.2) is 4.98 Å². The molecule has 124 valence electrons. The molecule has 4 aromatic rings. The van der Waals surface area contributed by atoms with Gasteiger partial charge in [0.05, 0.1) is 5.69 Å². The van der Waals surface area contributed by atoms with Gasteiger partial charge in [-0.15, -0.1) is 0 Å². The Bertz CT molecular complexity index is 1030. The lowest BCUT2D eigenvalue weighted by Crippen LogP contribution is -2.03. The van der Waals surface area contributed by atoms with Gasteiger partial charge in [-0.2, -0.15) is 0 Å². The van der Waals surface area contributed by atoms with Crippen molar-refractivity contribution in [2.75, 3.05) is 0 Å². The second kappa shape index (κ2) is 6.03. The van der Waals surface area contributed by atoms with Crippen LogP contribution in [0.5, 0.6) is 0 Å². The Hall–Kier alpha value is -2.61. The molecular weight excluding hydrogens is 306 g/mol. The topological polar surface area (TPSA) is 26.0 Å². The Labute approximate surface area is 147 Å². The summed E-state index contributed by atoms with van der Waals surface area (Å²) in [5.74, 6) is 0.710. The molecule has 0 saturated heterocycles. The first-order valence-corrected chi connectivity index (χ1v) is 9.27. The van der Waals surface area contributed by atoms with E-state index in [2.05, 4.69) is 41.4 Å². The monoisotopic (exact) mass is 327 g/mol. The summed E-state index contributed by atoms with van der Waals surface area (Å²) in [5.41, 5.74) is 5.40. The molecule has 25 heavy (non-hydrogen) atoms. The first kappa shape index (κ1) is 14.7. The van der Waals surface area contributed by atoms with Gasteiger partial charge in [0.2, 0.25) is 0 Å². The molecule has 0 unspecified atom stereocenters. The fourth-order valence-electron chi connectivity index (χ4n) is 4.23. The second-order valence-corrected chi connectivity index (χ2v) is 7.09. The highest BCUT2D eigenvalue weighted by Crippen LogP contribution is 2.38. The van der Waals surface area contributed by atoms with Gasteiger partial charge in [0.1, 0.15) is 11.2 Å². The van der Waals surface area contributed by atoms with Gasteiger partial charge in [-0.1, -0.05) is 43.5 Å². The number of pyridine rings is 1. The third kappa shape index (κ3) is 2.53. The fraction of sp³-hybridized carbons (Fsp3) is 0.261. The van der Waals surface area contributed by atoms with E-state index >= 15 is 0 Å². The molecule has 0 radical (unpaired) electrons. The van der Waals surface area contributed by atoms with Crippen molar-refractivity contribution in [3.05, 3.63) is 66.4 Å². The Morgan fingerprint density at radius 3 is 2.60 bits per heavy atom. The number of benzene rings is 2. The lowest BCUT2D eigenvalue weighted by molar-refractivity contribution is 0.444. The van der Waals surface area contributed by atoms with Gasteiger partial charge in [0.25, 0.3) is 0 Å². The summed E-state index contributed by atoms with van der Waals surface area (Å²) in [6.07, 6.45) is 8.58. The maximum atomic E-state index is 6.24. The minimum atomic E-state index is 0.710. The standard InChI is InChI=1S/C23H21NO/c1-2-7-16(8-3-1)17-12-13-22-20(15-17)18-9-6-10-19(23(18)25-22)21-11-4-5-14-24-21/h4-6,9-16H,1-3,7-8H2. The number of hydrogen-bond donors (Lipinski definition) is 0. The SMILES string of the molecule is c1ccc(-c2cccc3c2oc2ccc(C4CCCCC4)cc23)nc1. The molecule has 0 atom stereocenters. The van der Waals surface area contributed by atoms with E-state index in [4.69, 9.17) is 4.42 Å². The molecule has 2 aromatic heterocycles. The van der Waals surface area contributed by atoms with Crippen LogP contribution in [0, 0.1) is 0 Å². The average Bonchev–Trinajstić information content (AvgIpc) is 3.07. The van der Waals surface area contributed by atoms with E-state index in [0.29, 0.717) is 5.92 Å². The van der Waals surface area contributed by atoms with Crippen LogP contribution in [0.25, 0.3) is 33.2 Å². The van der Waals surface area contributed by atoms with Crippen molar-refractivity contribution in [2.45, 2.75) is 38.0 Å². The van der Waals surface area contributed by atoms with E-state index in [1.807, 2.05) is 24.4 Å². The molecule has 0 amide bonds. The number of rotatable bonds is 2. The zero-order valence-corrected chi connectivity index (χ0v) is 14.2. The lowest BCUT2D eigenvalue weighted by atomic mass is 9.84. The van der Waals surface area contributed by atoms with Crippen LogP contribution in [-0.2, 0) is 0 Å². The highest BCUT2D eigenvalue weighted by atomic mass is 16.3. The van der Waals surface area contributed by atoms with Crippen LogP contribution >= 0.6 is 0 Å². The van der Waals surface area contributed by atoms with Crippen molar-refractivity contribution in [3.8, 4) is 11.3 Å². The van der Waals surface area contributed by atoms with Crippen LogP contribution in [0.4, 0.5) is 0 Å². The quantitative estimate of drug-likeness (QED) is 0.409. The summed E-state index contributed by atoms with van der Waals surface area (Å²) in [7, 11) is 0. The molecule has 1 fully saturated rings. The minimum absolute atomic E-state index is 0.710. The molecule has 2 aromatic carbocycles. The number of furan rings is 1. The summed E-state index contributed by atoms with van der Waals surface area (Å²) in [5, 5.41) is 2.42. The molecule has 0 spiro atoms. The number of aromatic nitrogens is 1. The second-order valence-electron chi connectivity index (χ2n) is 7.09. The maximum Gasteiger partial charge on any atom is 0.144 e. The van der Waals surface area contributed by atoms with Gasteiger partial charge in [0.15, 0.2) is 0 Å². The van der Waals surface area contributed by atoms with E-state index in [9.17, 15) is 0 Å². The molecular formula is C23H21NO. The van der Waals surface area contributed by atoms with Gasteiger partial charge < -0.3 is 4.42 Å². The number of nitrogens with zero attached hydrogens (tertiary/aromatic N) is 1. The molecule has 2 heterocycles. The summed E-state index contributed by atoms with van der Waals surface area (Å²) in [4.78, 5) is 4.50. The van der Waals surface area contributed by atoms with Gasteiger partial charge >= 0.3 is 0 Å². The van der Waals surface area contributed by atoms with Gasteiger partial charge in [0, 0.05) is 22.5 Å². The summed E-state index contributed by atoms with van der Waals surface area (Å²) < 4.78 is 6.24. The molecule has 0 aliphatic heterocycles. The van der Waals surface area contributed by atoms with Crippen LogP contribution < -0.4 is 0 Å². The van der Waals surface area contributed by atoms with Crippen LogP contribution in [0.15, 0.2) is 65.2 Å². The van der Waals surface area contributed by atoms with E-state index in [0.717, 1.165) is 22.4 Å². The van der Waals surface area contributed by atoms with E-state index in [1.165, 1.54) is 48.4 Å². The number of para-hydroxylation sites is 1. The van der Waals surface area contributed by atoms with E-state index in [-0.39, 0.29) is 0 Å². The third-order valence-corrected chi connectivity index (χ3v) is 5.54. The van der Waals surface area contributed by atoms with Crippen LogP contribution in [0.3, 0.4) is 0 Å². The summed E-state index contributed by atoms with van der Waals surface area (Å²) in [6, 6.07) is 19.1. The summed E-state index contributed by atoms with van der Waals surface area (Å²) in [6.45, 7) is 0. The van der Waals surface area contributed by atoms with Crippen molar-refractivity contribution in [1.82, 2.24) is 4.98 Å². The Kier molecular flexibility index (Phi) is 3.55. The molecule has 5 rings (SSSR count). The zero-order chi connectivity index (χ0) is 16.6. The normalized spacial score (nSPS) is 15.8. The molecule has 1 saturated carbocycles. The number of hydrogen-bond acceptors (Lipinski definition) is 2. The predicted molar refractivity (Wildman–Crippen MR) is 103 cm³/mol. The van der Waals surface area contributed by atoms with Gasteiger partial charge in [-0.3, -0.25) is 4.98 Å². The predicted octanol–water partition coefficient (Wildman–Crippen LogP) is 6.70. The fourth-order valence-corrected chi connectivity index (χ4v) is 4.23. The molecule has 0 N–H and O–H groups in total. The van der Waals surface area contributed by atoms with Crippen molar-refractivity contribution in [1.29, 1.82) is 0 Å². The first-order valence-electron chi connectivity index (χ1n) is 9.27. The number of fused-ring (bicyclic) bond motifs is 3. The third-order valence-electron chi connectivity index (χ3n) is 5.54. The van der Waals surface area contributed by atoms with Crippen molar-refractivity contribution < 1.29 is 4.42 Å². The van der Waals surface area contributed by atoms with Crippen LogP contribution in [0.2, 0.25) is 0 Å². The minimum Gasteiger partial charge on any atom is -0.455 e. The van der Waals surface area contributed by atoms with Crippen molar-refractivity contribution in [2.24, 2.45) is 0 Å². The van der Waals surface area contributed by atoms with Crippen molar-refractivity contribution >= 4 is 21.9 Å². The van der Waals surface area contributed by atoms with Gasteiger partial charge in [-0.25, -0.2) is 0 Å². The maximum absolute atomic E-state index is 6.24. The molecule has 1 aliphatic carbocycles. The van der Waals surface area contributed by atoms with E-state index < -0.39 is 0 Å². The summed E-state index contributed by atoms with van der Waals surface area (Å²) >= 11 is 0. The Balaban J connectivity index is 1.69. The lowest BCUT2D eigenvalue weighted by Gasteiger charge is -2.21. The highest BCUT2D eigenvalue weighted by Gasteiger charge is 2.18. The zero-order valence-electron chi connectivity index (χ0n) is 14.2. The Morgan fingerprint density at radius 1 is 0.840 bits per heavy atom. The average molecular weight is 327 g/mol. The molecule has 2 nitrogen and oxygen atoms in total. The first-order chi connectivity index (χ1) is 12.4.